The van der Waals surface area contributed by atoms with E-state index in [1.54, 1.807) is 0 Å². The zero-order valence-corrected chi connectivity index (χ0v) is 17.7. The Hall–Kier alpha value is -2.90. The summed E-state index contributed by atoms with van der Waals surface area (Å²) in [5, 5.41) is 0. The van der Waals surface area contributed by atoms with Crippen LogP contribution in [0.2, 0.25) is 0 Å². The van der Waals surface area contributed by atoms with E-state index in [1.165, 1.54) is 6.42 Å². The number of pyridine rings is 1. The fourth-order valence-corrected chi connectivity index (χ4v) is 4.33. The van der Waals surface area contributed by atoms with Gasteiger partial charge in [-0.25, -0.2) is 4.98 Å². The molecule has 2 aromatic heterocycles. The first-order valence-corrected chi connectivity index (χ1v) is 11.0. The summed E-state index contributed by atoms with van der Waals surface area (Å²) in [6.07, 6.45) is 6.61. The van der Waals surface area contributed by atoms with E-state index in [0.717, 1.165) is 57.1 Å². The third-order valence-electron chi connectivity index (χ3n) is 6.03. The van der Waals surface area contributed by atoms with Gasteiger partial charge in [0.05, 0.1) is 11.8 Å². The maximum Gasteiger partial charge on any atom is 0.254 e. The number of fused-ring (bicyclic) bond motifs is 1. The molecule has 2 aliphatic rings. The summed E-state index contributed by atoms with van der Waals surface area (Å²) in [5.74, 6) is 0.745. The molecule has 0 saturated carbocycles. The van der Waals surface area contributed by atoms with Crippen molar-refractivity contribution in [3.05, 3.63) is 66.1 Å². The molecule has 31 heavy (non-hydrogen) atoms. The molecule has 162 valence electrons. The Morgan fingerprint density at radius 2 is 2.03 bits per heavy atom. The summed E-state index contributed by atoms with van der Waals surface area (Å²) < 4.78 is 13.6. The fourth-order valence-electron chi connectivity index (χ4n) is 4.33. The second-order valence-electron chi connectivity index (χ2n) is 8.24. The SMILES string of the molecule is O=C(c1cccc(OCc2cn3ccccc3n2)c1)N1CCN(CC2CCCO2)CC1. The van der Waals surface area contributed by atoms with Crippen LogP contribution in [0.1, 0.15) is 28.9 Å². The van der Waals surface area contributed by atoms with Crippen LogP contribution >= 0.6 is 0 Å². The van der Waals surface area contributed by atoms with E-state index < -0.39 is 0 Å². The Morgan fingerprint density at radius 1 is 1.13 bits per heavy atom. The Balaban J connectivity index is 1.16. The molecular formula is C24H28N4O3. The van der Waals surface area contributed by atoms with Crippen LogP contribution in [0.4, 0.5) is 0 Å². The van der Waals surface area contributed by atoms with Gasteiger partial charge in [-0.3, -0.25) is 9.69 Å². The first kappa shape index (κ1) is 20.0. The zero-order chi connectivity index (χ0) is 21.0. The van der Waals surface area contributed by atoms with Crippen LogP contribution in [0, 0.1) is 0 Å². The molecule has 2 aliphatic heterocycles. The van der Waals surface area contributed by atoms with Crippen LogP contribution in [0.5, 0.6) is 5.75 Å². The maximum absolute atomic E-state index is 13.0. The van der Waals surface area contributed by atoms with Crippen LogP contribution in [-0.2, 0) is 11.3 Å². The molecule has 7 heteroatoms. The van der Waals surface area contributed by atoms with E-state index in [9.17, 15) is 4.79 Å². The second-order valence-corrected chi connectivity index (χ2v) is 8.24. The lowest BCUT2D eigenvalue weighted by Crippen LogP contribution is -2.50. The Bertz CT molecular complexity index is 1000. The Morgan fingerprint density at radius 3 is 2.84 bits per heavy atom. The van der Waals surface area contributed by atoms with Crippen LogP contribution in [0.3, 0.4) is 0 Å². The molecule has 4 heterocycles. The highest BCUT2D eigenvalue weighted by atomic mass is 16.5. The average Bonchev–Trinajstić information content (AvgIpc) is 3.47. The molecule has 7 nitrogen and oxygen atoms in total. The highest BCUT2D eigenvalue weighted by molar-refractivity contribution is 5.94. The van der Waals surface area contributed by atoms with Gasteiger partial charge in [0.1, 0.15) is 18.0 Å². The largest absolute Gasteiger partial charge is 0.487 e. The number of rotatable bonds is 6. The monoisotopic (exact) mass is 420 g/mol. The predicted octanol–water partition coefficient (Wildman–Crippen LogP) is 2.85. The van der Waals surface area contributed by atoms with Crippen molar-refractivity contribution in [1.29, 1.82) is 0 Å². The molecule has 5 rings (SSSR count). The van der Waals surface area contributed by atoms with E-state index in [1.807, 2.05) is 64.2 Å². The predicted molar refractivity (Wildman–Crippen MR) is 117 cm³/mol. The van der Waals surface area contributed by atoms with E-state index in [4.69, 9.17) is 9.47 Å². The normalized spacial score (nSPS) is 19.7. The number of imidazole rings is 1. The molecule has 0 N–H and O–H groups in total. The van der Waals surface area contributed by atoms with Gasteiger partial charge in [-0.1, -0.05) is 12.1 Å². The second kappa shape index (κ2) is 9.08. The minimum atomic E-state index is 0.0648. The summed E-state index contributed by atoms with van der Waals surface area (Å²) in [6, 6.07) is 13.3. The number of benzene rings is 1. The van der Waals surface area contributed by atoms with Gasteiger partial charge in [-0.05, 0) is 43.2 Å². The standard InChI is InChI=1S/C24H28N4O3/c29-24(27-12-10-26(11-13-27)17-22-7-4-14-30-22)19-5-3-6-21(15-19)31-18-20-16-28-9-2-1-8-23(28)25-20/h1-3,5-6,8-9,15-16,22H,4,7,10-14,17-18H2. The summed E-state index contributed by atoms with van der Waals surface area (Å²) in [6.45, 7) is 5.52. The number of carbonyl (C=O) groups is 1. The van der Waals surface area contributed by atoms with E-state index >= 15 is 0 Å². The smallest absolute Gasteiger partial charge is 0.254 e. The van der Waals surface area contributed by atoms with Crippen molar-refractivity contribution in [2.75, 3.05) is 39.3 Å². The molecule has 1 amide bonds. The number of aromatic nitrogens is 2. The van der Waals surface area contributed by atoms with Gasteiger partial charge in [-0.15, -0.1) is 0 Å². The van der Waals surface area contributed by atoms with Gasteiger partial charge in [0.15, 0.2) is 0 Å². The number of carbonyl (C=O) groups excluding carboxylic acids is 1. The molecule has 1 atom stereocenters. The molecular weight excluding hydrogens is 392 g/mol. The van der Waals surface area contributed by atoms with Gasteiger partial charge in [0, 0.05) is 57.3 Å². The van der Waals surface area contributed by atoms with Crippen LogP contribution in [0.15, 0.2) is 54.9 Å². The molecule has 0 radical (unpaired) electrons. The van der Waals surface area contributed by atoms with E-state index in [0.29, 0.717) is 24.0 Å². The lowest BCUT2D eigenvalue weighted by Gasteiger charge is -2.35. The maximum atomic E-state index is 13.0. The summed E-state index contributed by atoms with van der Waals surface area (Å²) in [7, 11) is 0. The minimum absolute atomic E-state index is 0.0648. The number of nitrogens with zero attached hydrogens (tertiary/aromatic N) is 4. The number of amides is 1. The highest BCUT2D eigenvalue weighted by Crippen LogP contribution is 2.19. The van der Waals surface area contributed by atoms with Crippen molar-refractivity contribution in [3.8, 4) is 5.75 Å². The van der Waals surface area contributed by atoms with Gasteiger partial charge < -0.3 is 18.8 Å². The zero-order valence-electron chi connectivity index (χ0n) is 17.7. The molecule has 0 spiro atoms. The number of piperazine rings is 1. The van der Waals surface area contributed by atoms with Crippen molar-refractivity contribution < 1.29 is 14.3 Å². The third kappa shape index (κ3) is 4.73. The number of hydrogen-bond donors (Lipinski definition) is 0. The van der Waals surface area contributed by atoms with Gasteiger partial charge >= 0.3 is 0 Å². The van der Waals surface area contributed by atoms with Gasteiger partial charge in [0.2, 0.25) is 0 Å². The topological polar surface area (TPSA) is 59.3 Å². The summed E-state index contributed by atoms with van der Waals surface area (Å²) in [5.41, 5.74) is 2.41. The number of ether oxygens (including phenoxy) is 2. The molecule has 1 aromatic carbocycles. The molecule has 1 unspecified atom stereocenters. The van der Waals surface area contributed by atoms with E-state index in [-0.39, 0.29) is 5.91 Å². The van der Waals surface area contributed by atoms with Gasteiger partial charge in [0.25, 0.3) is 5.91 Å². The molecule has 2 saturated heterocycles. The highest BCUT2D eigenvalue weighted by Gasteiger charge is 2.25. The first-order chi connectivity index (χ1) is 15.2. The minimum Gasteiger partial charge on any atom is -0.487 e. The van der Waals surface area contributed by atoms with Crippen molar-refractivity contribution in [2.24, 2.45) is 0 Å². The van der Waals surface area contributed by atoms with Gasteiger partial charge in [-0.2, -0.15) is 0 Å². The lowest BCUT2D eigenvalue weighted by atomic mass is 10.1. The quantitative estimate of drug-likeness (QED) is 0.614. The fraction of sp³-hybridized carbons (Fsp3) is 0.417. The first-order valence-electron chi connectivity index (χ1n) is 11.0. The van der Waals surface area contributed by atoms with Crippen LogP contribution < -0.4 is 4.74 Å². The van der Waals surface area contributed by atoms with Crippen molar-refractivity contribution in [1.82, 2.24) is 19.2 Å². The molecule has 0 aliphatic carbocycles. The lowest BCUT2D eigenvalue weighted by molar-refractivity contribution is 0.0432. The van der Waals surface area contributed by atoms with Crippen molar-refractivity contribution in [2.45, 2.75) is 25.6 Å². The Labute approximate surface area is 182 Å². The molecule has 0 bridgehead atoms. The van der Waals surface area contributed by atoms with Crippen LogP contribution in [-0.4, -0.2) is 70.5 Å². The molecule has 3 aromatic rings. The third-order valence-corrected chi connectivity index (χ3v) is 6.03. The average molecular weight is 421 g/mol. The van der Waals surface area contributed by atoms with Crippen molar-refractivity contribution in [3.63, 3.8) is 0 Å². The van der Waals surface area contributed by atoms with Crippen molar-refractivity contribution >= 4 is 11.6 Å². The Kier molecular flexibility index (Phi) is 5.86. The molecule has 2 fully saturated rings. The summed E-state index contributed by atoms with van der Waals surface area (Å²) >= 11 is 0. The number of hydrogen-bond acceptors (Lipinski definition) is 5. The van der Waals surface area contributed by atoms with E-state index in [2.05, 4.69) is 9.88 Å². The summed E-state index contributed by atoms with van der Waals surface area (Å²) in [4.78, 5) is 21.9. The van der Waals surface area contributed by atoms with Crippen LogP contribution in [0.25, 0.3) is 5.65 Å².